The van der Waals surface area contributed by atoms with Gasteiger partial charge in [0.15, 0.2) is 0 Å². The fraction of sp³-hybridized carbons (Fsp3) is 0.471. The number of unbranched alkanes of at least 4 members (excludes halogenated alkanes) is 1. The first-order valence-corrected chi connectivity index (χ1v) is 7.58. The van der Waals surface area contributed by atoms with Crippen LogP contribution in [0.3, 0.4) is 0 Å². The Morgan fingerprint density at radius 2 is 1.75 bits per heavy atom. The Morgan fingerprint density at radius 1 is 1.12 bits per heavy atom. The molecule has 0 radical (unpaired) electrons. The van der Waals surface area contributed by atoms with E-state index >= 15 is 0 Å². The highest BCUT2D eigenvalue weighted by Crippen LogP contribution is 2.54. The lowest BCUT2D eigenvalue weighted by molar-refractivity contribution is -0.279. The summed E-state index contributed by atoms with van der Waals surface area (Å²) in [7, 11) is 0. The minimum absolute atomic E-state index is 0.204. The second-order valence-corrected chi connectivity index (χ2v) is 5.72. The van der Waals surface area contributed by atoms with Crippen molar-refractivity contribution in [1.29, 1.82) is 0 Å². The number of esters is 1. The van der Waals surface area contributed by atoms with Gasteiger partial charge >= 0.3 is 17.8 Å². The van der Waals surface area contributed by atoms with Gasteiger partial charge in [0.2, 0.25) is 0 Å². The zero-order chi connectivity index (χ0) is 18.0. The molecular formula is C17H17F5O2. The van der Waals surface area contributed by atoms with Crippen LogP contribution in [-0.2, 0) is 4.79 Å². The van der Waals surface area contributed by atoms with Crippen molar-refractivity contribution in [3.8, 4) is 5.75 Å². The van der Waals surface area contributed by atoms with Crippen LogP contribution in [0.5, 0.6) is 5.75 Å². The van der Waals surface area contributed by atoms with E-state index in [4.69, 9.17) is 0 Å². The molecule has 2 rings (SSSR count). The molecule has 0 amide bonds. The summed E-state index contributed by atoms with van der Waals surface area (Å²) in [5, 5.41) is 0. The molecule has 0 N–H and O–H groups in total. The Hall–Kier alpha value is -1.92. The summed E-state index contributed by atoms with van der Waals surface area (Å²) in [4.78, 5) is 11.9. The molecule has 2 nitrogen and oxygen atoms in total. The van der Waals surface area contributed by atoms with Crippen molar-refractivity contribution >= 4 is 5.97 Å². The summed E-state index contributed by atoms with van der Waals surface area (Å²) < 4.78 is 75.8. The van der Waals surface area contributed by atoms with Crippen molar-refractivity contribution in [2.75, 3.05) is 0 Å². The summed E-state index contributed by atoms with van der Waals surface area (Å²) in [6.07, 6.45) is 1.45. The summed E-state index contributed by atoms with van der Waals surface area (Å²) in [5.74, 6) is -14.0. The highest BCUT2D eigenvalue weighted by atomic mass is 19.3. The SMILES string of the molecule is CCCCC1C=CC(F)(C(=O)Oc2ccccc2)C(F)(F)C1(F)F. The van der Waals surface area contributed by atoms with E-state index in [0.29, 0.717) is 12.5 Å². The summed E-state index contributed by atoms with van der Waals surface area (Å²) in [6, 6.07) is 6.88. The van der Waals surface area contributed by atoms with Crippen LogP contribution in [0.2, 0.25) is 0 Å². The molecule has 0 bridgehead atoms. The number of para-hydroxylation sites is 1. The number of hydrogen-bond acceptors (Lipinski definition) is 2. The topological polar surface area (TPSA) is 26.3 Å². The van der Waals surface area contributed by atoms with Crippen LogP contribution < -0.4 is 4.74 Å². The van der Waals surface area contributed by atoms with Crippen LogP contribution >= 0.6 is 0 Å². The molecule has 0 saturated heterocycles. The van der Waals surface area contributed by atoms with Crippen molar-refractivity contribution in [3.63, 3.8) is 0 Å². The Kier molecular flexibility index (Phi) is 5.01. The number of benzene rings is 1. The van der Waals surface area contributed by atoms with Gasteiger partial charge in [-0.2, -0.15) is 17.6 Å². The number of hydrogen-bond donors (Lipinski definition) is 0. The summed E-state index contributed by atoms with van der Waals surface area (Å²) in [6.45, 7) is 1.72. The van der Waals surface area contributed by atoms with Gasteiger partial charge in [-0.3, -0.25) is 0 Å². The lowest BCUT2D eigenvalue weighted by Gasteiger charge is -2.41. The number of rotatable bonds is 5. The zero-order valence-corrected chi connectivity index (χ0v) is 12.9. The minimum Gasteiger partial charge on any atom is -0.424 e. The molecule has 2 unspecified atom stereocenters. The Labute approximate surface area is 136 Å². The van der Waals surface area contributed by atoms with Crippen LogP contribution in [0.15, 0.2) is 42.5 Å². The molecule has 0 spiro atoms. The number of carbonyl (C=O) groups excluding carboxylic acids is 1. The van der Waals surface area contributed by atoms with Crippen molar-refractivity contribution in [2.24, 2.45) is 5.92 Å². The van der Waals surface area contributed by atoms with Gasteiger partial charge in [0, 0.05) is 5.92 Å². The van der Waals surface area contributed by atoms with E-state index in [1.807, 2.05) is 0 Å². The maximum Gasteiger partial charge on any atom is 0.360 e. The highest BCUT2D eigenvalue weighted by Gasteiger charge is 2.76. The Bertz CT molecular complexity index is 615. The quantitative estimate of drug-likeness (QED) is 0.326. The maximum absolute atomic E-state index is 14.6. The molecule has 0 aromatic heterocycles. The fourth-order valence-electron chi connectivity index (χ4n) is 2.52. The second-order valence-electron chi connectivity index (χ2n) is 5.72. The van der Waals surface area contributed by atoms with Crippen LogP contribution in [0.1, 0.15) is 26.2 Å². The van der Waals surface area contributed by atoms with Gasteiger partial charge < -0.3 is 4.74 Å². The lowest BCUT2D eigenvalue weighted by atomic mass is 9.77. The van der Waals surface area contributed by atoms with Crippen LogP contribution in [0.4, 0.5) is 22.0 Å². The van der Waals surface area contributed by atoms with Crippen molar-refractivity contribution in [3.05, 3.63) is 42.5 Å². The van der Waals surface area contributed by atoms with Crippen LogP contribution in [-0.4, -0.2) is 23.5 Å². The smallest absolute Gasteiger partial charge is 0.360 e. The first-order valence-electron chi connectivity index (χ1n) is 7.58. The lowest BCUT2D eigenvalue weighted by Crippen LogP contribution is -2.64. The number of halogens is 5. The zero-order valence-electron chi connectivity index (χ0n) is 12.9. The van der Waals surface area contributed by atoms with E-state index < -0.39 is 29.4 Å². The van der Waals surface area contributed by atoms with E-state index in [-0.39, 0.29) is 24.7 Å². The molecule has 0 saturated carbocycles. The molecule has 132 valence electrons. The van der Waals surface area contributed by atoms with Crippen molar-refractivity contribution < 1.29 is 31.5 Å². The van der Waals surface area contributed by atoms with Gasteiger partial charge in [-0.15, -0.1) is 0 Å². The molecule has 1 aliphatic carbocycles. The number of alkyl halides is 5. The van der Waals surface area contributed by atoms with Gasteiger partial charge in [0.05, 0.1) is 0 Å². The standard InChI is InChI=1S/C17H17F5O2/c1-2-3-7-12-10-11-15(18,17(21,22)16(12,19)20)14(23)24-13-8-5-4-6-9-13/h4-6,8-12H,2-3,7H2,1H3. The van der Waals surface area contributed by atoms with E-state index in [2.05, 4.69) is 4.74 Å². The summed E-state index contributed by atoms with van der Waals surface area (Å²) >= 11 is 0. The normalized spacial score (nSPS) is 27.7. The molecule has 0 heterocycles. The number of carbonyl (C=O) groups is 1. The Morgan fingerprint density at radius 3 is 2.33 bits per heavy atom. The van der Waals surface area contributed by atoms with Gasteiger partial charge in [0.25, 0.3) is 5.67 Å². The average Bonchev–Trinajstić information content (AvgIpc) is 2.53. The number of ether oxygens (including phenoxy) is 1. The number of allylic oxidation sites excluding steroid dienone is 1. The first-order chi connectivity index (χ1) is 11.2. The van der Waals surface area contributed by atoms with E-state index in [1.54, 1.807) is 13.0 Å². The van der Waals surface area contributed by atoms with Crippen molar-refractivity contribution in [1.82, 2.24) is 0 Å². The first kappa shape index (κ1) is 18.4. The van der Waals surface area contributed by atoms with Crippen LogP contribution in [0, 0.1) is 5.92 Å². The molecular weight excluding hydrogens is 331 g/mol. The van der Waals surface area contributed by atoms with Crippen LogP contribution in [0.25, 0.3) is 0 Å². The molecule has 0 fully saturated rings. The molecule has 1 aromatic rings. The average molecular weight is 348 g/mol. The molecule has 2 atom stereocenters. The largest absolute Gasteiger partial charge is 0.424 e. The molecule has 7 heteroatoms. The third kappa shape index (κ3) is 2.91. The van der Waals surface area contributed by atoms with Crippen molar-refractivity contribution in [2.45, 2.75) is 43.7 Å². The highest BCUT2D eigenvalue weighted by molar-refractivity contribution is 5.86. The summed E-state index contributed by atoms with van der Waals surface area (Å²) in [5.41, 5.74) is -4.23. The second kappa shape index (κ2) is 6.53. The maximum atomic E-state index is 14.6. The Balaban J connectivity index is 2.32. The van der Waals surface area contributed by atoms with E-state index in [9.17, 15) is 26.7 Å². The third-order valence-electron chi connectivity index (χ3n) is 4.02. The monoisotopic (exact) mass is 348 g/mol. The molecule has 24 heavy (non-hydrogen) atoms. The van der Waals surface area contributed by atoms with E-state index in [1.165, 1.54) is 24.3 Å². The molecule has 1 aromatic carbocycles. The van der Waals surface area contributed by atoms with Gasteiger partial charge in [-0.05, 0) is 24.6 Å². The van der Waals surface area contributed by atoms with E-state index in [0.717, 1.165) is 0 Å². The third-order valence-corrected chi connectivity index (χ3v) is 4.02. The minimum atomic E-state index is -5.21. The molecule has 1 aliphatic rings. The fourth-order valence-corrected chi connectivity index (χ4v) is 2.52. The van der Waals surface area contributed by atoms with Gasteiger partial charge in [0.1, 0.15) is 5.75 Å². The van der Waals surface area contributed by atoms with Gasteiger partial charge in [-0.25, -0.2) is 9.18 Å². The predicted octanol–water partition coefficient (Wildman–Crippen LogP) is 4.95. The van der Waals surface area contributed by atoms with Gasteiger partial charge in [-0.1, -0.05) is 44.0 Å². The predicted molar refractivity (Wildman–Crippen MR) is 78.0 cm³/mol. The molecule has 0 aliphatic heterocycles.